The van der Waals surface area contributed by atoms with Gasteiger partial charge in [0, 0.05) is 7.05 Å². The Bertz CT molecular complexity index is 635. The lowest BCUT2D eigenvalue weighted by molar-refractivity contribution is -0.121. The molecule has 110 valence electrons. The zero-order chi connectivity index (χ0) is 15.6. The van der Waals surface area contributed by atoms with Gasteiger partial charge in [-0.25, -0.2) is 0 Å². The quantitative estimate of drug-likeness (QED) is 0.606. The normalized spacial score (nSPS) is 16.7. The summed E-state index contributed by atoms with van der Waals surface area (Å²) >= 11 is 13.1. The van der Waals surface area contributed by atoms with Crippen molar-refractivity contribution in [2.45, 2.75) is 0 Å². The Morgan fingerprint density at radius 1 is 1.33 bits per heavy atom. The highest BCUT2D eigenvalue weighted by atomic mass is 35.5. The number of nitrogens with zero attached hydrogens (tertiary/aromatic N) is 1. The van der Waals surface area contributed by atoms with Crippen LogP contribution < -0.4 is 4.74 Å². The molecule has 2 amide bonds. The largest absolute Gasteiger partial charge is 0.486 e. The average molecular weight is 344 g/mol. The number of likely N-dealkylation sites (N-methyl/N-ethyl adjacent to an activating group) is 1. The lowest BCUT2D eigenvalue weighted by Crippen LogP contribution is -2.22. The Morgan fingerprint density at radius 3 is 2.43 bits per heavy atom. The van der Waals surface area contributed by atoms with Gasteiger partial charge in [-0.15, -0.1) is 0 Å². The molecule has 0 atom stereocenters. The van der Waals surface area contributed by atoms with E-state index in [0.717, 1.165) is 16.7 Å². The molecule has 1 heterocycles. The van der Waals surface area contributed by atoms with Gasteiger partial charge >= 0.3 is 0 Å². The molecule has 7 heteroatoms. The molecule has 2 rings (SSSR count). The molecule has 21 heavy (non-hydrogen) atoms. The summed E-state index contributed by atoms with van der Waals surface area (Å²) in [5, 5.41) is 0.340. The Hall–Kier alpha value is -1.43. The number of halogens is 2. The Labute approximate surface area is 136 Å². The van der Waals surface area contributed by atoms with E-state index in [9.17, 15) is 9.59 Å². The van der Waals surface area contributed by atoms with E-state index in [4.69, 9.17) is 27.9 Å². The van der Waals surface area contributed by atoms with E-state index in [1.807, 2.05) is 0 Å². The topological polar surface area (TPSA) is 46.6 Å². The minimum absolute atomic E-state index is 0.285. The standard InChI is InChI=1S/C14H11Cl2NO3S/c1-3-4-20-12-9(15)5-8(6-10(12)16)7-11-13(18)17(2)14(19)21-11/h3,5-7H,1,4H2,2H3/b11-7-. The zero-order valence-corrected chi connectivity index (χ0v) is 13.4. The van der Waals surface area contributed by atoms with Gasteiger partial charge in [0.2, 0.25) is 0 Å². The number of rotatable bonds is 4. The van der Waals surface area contributed by atoms with Crippen LogP contribution in [0.25, 0.3) is 6.08 Å². The molecule has 1 fully saturated rings. The second-order valence-corrected chi connectivity index (χ2v) is 5.96. The first-order valence-electron chi connectivity index (χ1n) is 5.88. The Kier molecular flexibility index (Phi) is 4.98. The highest BCUT2D eigenvalue weighted by Gasteiger charge is 2.31. The van der Waals surface area contributed by atoms with E-state index in [2.05, 4.69) is 6.58 Å². The molecule has 0 N–H and O–H groups in total. The molecular weight excluding hydrogens is 333 g/mol. The van der Waals surface area contributed by atoms with Crippen LogP contribution in [0.4, 0.5) is 4.79 Å². The summed E-state index contributed by atoms with van der Waals surface area (Å²) in [6.45, 7) is 3.83. The van der Waals surface area contributed by atoms with Crippen molar-refractivity contribution in [2.24, 2.45) is 0 Å². The molecule has 4 nitrogen and oxygen atoms in total. The second kappa shape index (κ2) is 6.56. The third-order valence-corrected chi connectivity index (χ3v) is 4.17. The number of ether oxygens (including phenoxy) is 1. The fraction of sp³-hybridized carbons (Fsp3) is 0.143. The van der Waals surface area contributed by atoms with Crippen LogP contribution in [0.3, 0.4) is 0 Å². The van der Waals surface area contributed by atoms with Crippen molar-refractivity contribution < 1.29 is 14.3 Å². The summed E-state index contributed by atoms with van der Waals surface area (Å²) in [5.41, 5.74) is 0.620. The fourth-order valence-corrected chi connectivity index (χ4v) is 3.08. The van der Waals surface area contributed by atoms with Gasteiger partial charge in [-0.1, -0.05) is 35.9 Å². The van der Waals surface area contributed by atoms with Crippen molar-refractivity contribution >= 4 is 52.2 Å². The summed E-state index contributed by atoms with van der Waals surface area (Å²) in [6.07, 6.45) is 3.15. The number of thioether (sulfide) groups is 1. The minimum Gasteiger partial charge on any atom is -0.486 e. The number of hydrogen-bond donors (Lipinski definition) is 0. The summed E-state index contributed by atoms with van der Waals surface area (Å²) in [4.78, 5) is 24.6. The highest BCUT2D eigenvalue weighted by Crippen LogP contribution is 2.37. The second-order valence-electron chi connectivity index (χ2n) is 4.15. The SMILES string of the molecule is C=CCOc1c(Cl)cc(/C=C2\SC(=O)N(C)C2=O)cc1Cl. The van der Waals surface area contributed by atoms with E-state index in [0.29, 0.717) is 26.3 Å². The molecule has 0 radical (unpaired) electrons. The van der Waals surface area contributed by atoms with Crippen molar-refractivity contribution in [1.29, 1.82) is 0 Å². The molecule has 1 aliphatic rings. The van der Waals surface area contributed by atoms with Crippen LogP contribution in [0.5, 0.6) is 5.75 Å². The van der Waals surface area contributed by atoms with Crippen molar-refractivity contribution in [3.8, 4) is 5.75 Å². The first-order valence-corrected chi connectivity index (χ1v) is 7.45. The van der Waals surface area contributed by atoms with E-state index in [1.54, 1.807) is 24.3 Å². The van der Waals surface area contributed by atoms with Gasteiger partial charge < -0.3 is 4.74 Å². The lowest BCUT2D eigenvalue weighted by Gasteiger charge is -2.09. The van der Waals surface area contributed by atoms with Gasteiger partial charge in [0.05, 0.1) is 15.0 Å². The maximum atomic E-state index is 11.8. The predicted molar refractivity (Wildman–Crippen MR) is 85.9 cm³/mol. The van der Waals surface area contributed by atoms with Crippen LogP contribution in [0.1, 0.15) is 5.56 Å². The number of benzene rings is 1. The Morgan fingerprint density at radius 2 is 1.95 bits per heavy atom. The van der Waals surface area contributed by atoms with Gasteiger partial charge in [-0.2, -0.15) is 0 Å². The molecule has 0 aliphatic carbocycles. The fourth-order valence-electron chi connectivity index (χ4n) is 1.64. The van der Waals surface area contributed by atoms with Crippen molar-refractivity contribution in [2.75, 3.05) is 13.7 Å². The van der Waals surface area contributed by atoms with E-state index in [-0.39, 0.29) is 17.8 Å². The predicted octanol–water partition coefficient (Wildman–Crippen LogP) is 4.22. The molecule has 0 bridgehead atoms. The van der Waals surface area contributed by atoms with Gasteiger partial charge in [-0.05, 0) is 35.5 Å². The summed E-state index contributed by atoms with van der Waals surface area (Å²) in [7, 11) is 1.44. The van der Waals surface area contributed by atoms with Crippen molar-refractivity contribution in [3.05, 3.63) is 45.3 Å². The smallest absolute Gasteiger partial charge is 0.293 e. The van der Waals surface area contributed by atoms with Crippen LogP contribution in [-0.4, -0.2) is 29.7 Å². The summed E-state index contributed by atoms with van der Waals surface area (Å²) in [5.74, 6) is 0.0169. The molecule has 1 saturated heterocycles. The lowest BCUT2D eigenvalue weighted by atomic mass is 10.2. The monoisotopic (exact) mass is 343 g/mol. The zero-order valence-electron chi connectivity index (χ0n) is 11.1. The third kappa shape index (κ3) is 3.43. The Balaban J connectivity index is 2.32. The van der Waals surface area contributed by atoms with E-state index in [1.165, 1.54) is 7.05 Å². The van der Waals surface area contributed by atoms with Gasteiger partial charge in [0.15, 0.2) is 5.75 Å². The number of carbonyl (C=O) groups excluding carboxylic acids is 2. The first-order chi connectivity index (χ1) is 9.93. The summed E-state index contributed by atoms with van der Waals surface area (Å²) < 4.78 is 5.36. The van der Waals surface area contributed by atoms with E-state index < -0.39 is 0 Å². The molecule has 0 unspecified atom stereocenters. The number of amides is 2. The van der Waals surface area contributed by atoms with Crippen LogP contribution in [0.15, 0.2) is 29.7 Å². The maximum absolute atomic E-state index is 11.8. The first kappa shape index (κ1) is 15.9. The number of imide groups is 1. The van der Waals surface area contributed by atoms with Gasteiger partial charge in [0.25, 0.3) is 11.1 Å². The molecule has 1 aromatic carbocycles. The molecule has 1 aliphatic heterocycles. The van der Waals surface area contributed by atoms with Crippen molar-refractivity contribution in [1.82, 2.24) is 4.90 Å². The van der Waals surface area contributed by atoms with Gasteiger partial charge in [-0.3, -0.25) is 14.5 Å². The van der Waals surface area contributed by atoms with Crippen LogP contribution >= 0.6 is 35.0 Å². The molecule has 0 spiro atoms. The van der Waals surface area contributed by atoms with Crippen LogP contribution in [-0.2, 0) is 4.79 Å². The highest BCUT2D eigenvalue weighted by molar-refractivity contribution is 8.18. The van der Waals surface area contributed by atoms with E-state index >= 15 is 0 Å². The molecule has 0 aromatic heterocycles. The minimum atomic E-state index is -0.343. The number of carbonyl (C=O) groups is 2. The summed E-state index contributed by atoms with van der Waals surface area (Å²) in [6, 6.07) is 3.24. The molecule has 0 saturated carbocycles. The van der Waals surface area contributed by atoms with Crippen molar-refractivity contribution in [3.63, 3.8) is 0 Å². The maximum Gasteiger partial charge on any atom is 0.293 e. The third-order valence-electron chi connectivity index (χ3n) is 2.65. The molecular formula is C14H11Cl2NO3S. The number of hydrogen-bond acceptors (Lipinski definition) is 4. The molecule has 1 aromatic rings. The average Bonchev–Trinajstić information content (AvgIpc) is 2.65. The van der Waals surface area contributed by atoms with Crippen LogP contribution in [0.2, 0.25) is 10.0 Å². The van der Waals surface area contributed by atoms with Crippen LogP contribution in [0, 0.1) is 0 Å². The van der Waals surface area contributed by atoms with Gasteiger partial charge in [0.1, 0.15) is 6.61 Å².